The molecule has 1 saturated heterocycles. The van der Waals surface area contributed by atoms with Crippen molar-refractivity contribution in [3.05, 3.63) is 64.2 Å². The van der Waals surface area contributed by atoms with Gasteiger partial charge in [-0.15, -0.1) is 0 Å². The standard InChI is InChI=1S/C24H29N3O6S/c28-24(25-20-12-14-26(15-13-20)17-18-4-1-2-5-18)19-8-10-22(11-9-19)33-34(31,32)23-7-3-6-21(16-23)27(29)30/h3,6-11,16,18,20H,1-2,4-5,12-15,17H2,(H,25,28). The Morgan fingerprint density at radius 2 is 1.74 bits per heavy atom. The van der Waals surface area contributed by atoms with E-state index < -0.39 is 15.0 Å². The average Bonchev–Trinajstić information content (AvgIpc) is 3.34. The van der Waals surface area contributed by atoms with E-state index in [0.717, 1.165) is 37.9 Å². The lowest BCUT2D eigenvalue weighted by atomic mass is 10.0. The molecule has 2 aliphatic rings. The quantitative estimate of drug-likeness (QED) is 0.342. The first-order valence-electron chi connectivity index (χ1n) is 11.6. The largest absolute Gasteiger partial charge is 0.379 e. The number of nitro groups is 1. The van der Waals surface area contributed by atoms with E-state index >= 15 is 0 Å². The Morgan fingerprint density at radius 3 is 2.38 bits per heavy atom. The number of nitrogens with zero attached hydrogens (tertiary/aromatic N) is 2. The van der Waals surface area contributed by atoms with Crippen molar-refractivity contribution in [1.82, 2.24) is 10.2 Å². The number of non-ortho nitro benzene ring substituents is 1. The molecule has 1 heterocycles. The summed E-state index contributed by atoms with van der Waals surface area (Å²) in [5.74, 6) is 0.637. The SMILES string of the molecule is O=C(NC1CCN(CC2CCCC2)CC1)c1ccc(OS(=O)(=O)c2cccc([N+](=O)[O-])c2)cc1. The van der Waals surface area contributed by atoms with Crippen LogP contribution in [0.5, 0.6) is 5.75 Å². The number of carbonyl (C=O) groups is 1. The summed E-state index contributed by atoms with van der Waals surface area (Å²) < 4.78 is 30.0. The van der Waals surface area contributed by atoms with E-state index in [0.29, 0.717) is 5.56 Å². The van der Waals surface area contributed by atoms with E-state index in [1.807, 2.05) is 0 Å². The van der Waals surface area contributed by atoms with E-state index in [4.69, 9.17) is 4.18 Å². The lowest BCUT2D eigenvalue weighted by molar-refractivity contribution is -0.385. The number of carbonyl (C=O) groups excluding carboxylic acids is 1. The molecule has 2 aromatic rings. The van der Waals surface area contributed by atoms with Crippen molar-refractivity contribution < 1.29 is 22.3 Å². The highest BCUT2D eigenvalue weighted by molar-refractivity contribution is 7.87. The van der Waals surface area contributed by atoms with E-state index in [-0.39, 0.29) is 28.3 Å². The van der Waals surface area contributed by atoms with Gasteiger partial charge in [-0.25, -0.2) is 0 Å². The van der Waals surface area contributed by atoms with Crippen molar-refractivity contribution in [2.75, 3.05) is 19.6 Å². The molecule has 182 valence electrons. The molecule has 1 N–H and O–H groups in total. The molecule has 1 aliphatic heterocycles. The van der Waals surface area contributed by atoms with Gasteiger partial charge in [0.15, 0.2) is 0 Å². The maximum Gasteiger partial charge on any atom is 0.339 e. The molecule has 1 saturated carbocycles. The highest BCUT2D eigenvalue weighted by atomic mass is 32.2. The van der Waals surface area contributed by atoms with Crippen molar-refractivity contribution in [3.63, 3.8) is 0 Å². The molecule has 0 bridgehead atoms. The zero-order valence-electron chi connectivity index (χ0n) is 18.9. The predicted octanol–water partition coefficient (Wildman–Crippen LogP) is 3.75. The van der Waals surface area contributed by atoms with Crippen LogP contribution in [0.2, 0.25) is 0 Å². The van der Waals surface area contributed by atoms with Crippen LogP contribution in [-0.2, 0) is 10.1 Å². The summed E-state index contributed by atoms with van der Waals surface area (Å²) in [7, 11) is -4.25. The second-order valence-corrected chi connectivity index (χ2v) is 10.6. The zero-order valence-corrected chi connectivity index (χ0v) is 19.7. The Labute approximate surface area is 199 Å². The van der Waals surface area contributed by atoms with Crippen LogP contribution in [0.3, 0.4) is 0 Å². The van der Waals surface area contributed by atoms with Crippen LogP contribution in [0.15, 0.2) is 53.4 Å². The summed E-state index contributed by atoms with van der Waals surface area (Å²) in [6.07, 6.45) is 7.21. The Balaban J connectivity index is 1.29. The van der Waals surface area contributed by atoms with Crippen LogP contribution in [-0.4, -0.2) is 49.8 Å². The smallest absolute Gasteiger partial charge is 0.339 e. The fourth-order valence-electron chi connectivity index (χ4n) is 4.68. The van der Waals surface area contributed by atoms with Gasteiger partial charge in [-0.05, 0) is 61.9 Å². The number of hydrogen-bond acceptors (Lipinski definition) is 7. The van der Waals surface area contributed by atoms with Crippen LogP contribution < -0.4 is 9.50 Å². The minimum absolute atomic E-state index is 0.0169. The summed E-state index contributed by atoms with van der Waals surface area (Å²) >= 11 is 0. The van der Waals surface area contributed by atoms with Crippen molar-refractivity contribution >= 4 is 21.7 Å². The first kappa shape index (κ1) is 24.2. The molecule has 0 radical (unpaired) electrons. The first-order chi connectivity index (χ1) is 16.3. The van der Waals surface area contributed by atoms with Crippen LogP contribution in [0.25, 0.3) is 0 Å². The number of nitro benzene ring substituents is 1. The van der Waals surface area contributed by atoms with E-state index in [2.05, 4.69) is 10.2 Å². The monoisotopic (exact) mass is 487 g/mol. The summed E-state index contributed by atoms with van der Waals surface area (Å²) in [5, 5.41) is 14.0. The highest BCUT2D eigenvalue weighted by Gasteiger charge is 2.25. The van der Waals surface area contributed by atoms with Crippen molar-refractivity contribution in [2.45, 2.75) is 49.5 Å². The molecule has 34 heavy (non-hydrogen) atoms. The summed E-state index contributed by atoms with van der Waals surface area (Å²) in [4.78, 5) is 25.1. The third-order valence-corrected chi connectivity index (χ3v) is 7.80. The van der Waals surface area contributed by atoms with E-state index in [9.17, 15) is 23.3 Å². The number of piperidine rings is 1. The van der Waals surface area contributed by atoms with Gasteiger partial charge in [0.05, 0.1) is 4.92 Å². The van der Waals surface area contributed by atoms with Crippen LogP contribution in [0.1, 0.15) is 48.9 Å². The summed E-state index contributed by atoms with van der Waals surface area (Å²) in [5.41, 5.74) is 0.0644. The highest BCUT2D eigenvalue weighted by Crippen LogP contribution is 2.27. The molecule has 4 rings (SSSR count). The summed E-state index contributed by atoms with van der Waals surface area (Å²) in [6, 6.07) is 10.6. The van der Waals surface area contributed by atoms with Gasteiger partial charge in [-0.1, -0.05) is 18.9 Å². The van der Waals surface area contributed by atoms with Gasteiger partial charge >= 0.3 is 10.1 Å². The van der Waals surface area contributed by atoms with Crippen LogP contribution in [0, 0.1) is 16.0 Å². The maximum absolute atomic E-state index is 12.6. The molecule has 0 aromatic heterocycles. The zero-order chi connectivity index (χ0) is 24.1. The molecule has 2 aromatic carbocycles. The van der Waals surface area contributed by atoms with Gasteiger partial charge in [0.25, 0.3) is 11.6 Å². The van der Waals surface area contributed by atoms with Gasteiger partial charge in [0.1, 0.15) is 10.6 Å². The lowest BCUT2D eigenvalue weighted by Gasteiger charge is -2.33. The molecule has 1 amide bonds. The summed E-state index contributed by atoms with van der Waals surface area (Å²) in [6.45, 7) is 3.15. The molecule has 0 unspecified atom stereocenters. The normalized spacial score (nSPS) is 18.0. The molecule has 10 heteroatoms. The third kappa shape index (κ3) is 6.12. The van der Waals surface area contributed by atoms with Gasteiger partial charge in [0, 0.05) is 43.4 Å². The number of rotatable bonds is 8. The number of likely N-dealkylation sites (tertiary alicyclic amines) is 1. The lowest BCUT2D eigenvalue weighted by Crippen LogP contribution is -2.45. The molecule has 2 fully saturated rings. The topological polar surface area (TPSA) is 119 Å². The Kier molecular flexibility index (Phi) is 7.47. The van der Waals surface area contributed by atoms with Crippen LogP contribution >= 0.6 is 0 Å². The first-order valence-corrected chi connectivity index (χ1v) is 13.0. The average molecular weight is 488 g/mol. The Bertz CT molecular complexity index is 1120. The van der Waals surface area contributed by atoms with Gasteiger partial charge < -0.3 is 14.4 Å². The number of nitrogens with one attached hydrogen (secondary N) is 1. The van der Waals surface area contributed by atoms with Crippen molar-refractivity contribution in [3.8, 4) is 5.75 Å². The number of amides is 1. The molecule has 1 aliphatic carbocycles. The predicted molar refractivity (Wildman–Crippen MR) is 126 cm³/mol. The van der Waals surface area contributed by atoms with E-state index in [1.165, 1.54) is 74.7 Å². The molecule has 0 atom stereocenters. The molecular formula is C24H29N3O6S. The maximum atomic E-state index is 12.6. The van der Waals surface area contributed by atoms with Crippen molar-refractivity contribution in [1.29, 1.82) is 0 Å². The fourth-order valence-corrected chi connectivity index (χ4v) is 5.65. The molecule has 9 nitrogen and oxygen atoms in total. The Hall–Kier alpha value is -2.98. The second kappa shape index (κ2) is 10.5. The number of benzene rings is 2. The Morgan fingerprint density at radius 1 is 1.06 bits per heavy atom. The third-order valence-electron chi connectivity index (χ3n) is 6.55. The van der Waals surface area contributed by atoms with Gasteiger partial charge in [0.2, 0.25) is 0 Å². The minimum Gasteiger partial charge on any atom is -0.379 e. The minimum atomic E-state index is -4.25. The van der Waals surface area contributed by atoms with Crippen LogP contribution in [0.4, 0.5) is 5.69 Å². The van der Waals surface area contributed by atoms with Gasteiger partial charge in [-0.2, -0.15) is 8.42 Å². The molecule has 0 spiro atoms. The van der Waals surface area contributed by atoms with Crippen molar-refractivity contribution in [2.24, 2.45) is 5.92 Å². The fraction of sp³-hybridized carbons (Fsp3) is 0.458. The second-order valence-electron chi connectivity index (χ2n) is 9.02. The molecular weight excluding hydrogens is 458 g/mol. The van der Waals surface area contributed by atoms with E-state index in [1.54, 1.807) is 0 Å². The number of hydrogen-bond donors (Lipinski definition) is 1. The van der Waals surface area contributed by atoms with Gasteiger partial charge in [-0.3, -0.25) is 14.9 Å².